The number of amides is 1. The second kappa shape index (κ2) is 8.18. The lowest BCUT2D eigenvalue weighted by molar-refractivity contribution is -0.123. The molecule has 1 amide bonds. The molecule has 1 aromatic heterocycles. The van der Waals surface area contributed by atoms with E-state index in [0.717, 1.165) is 24.4 Å². The maximum atomic E-state index is 12.3. The molecule has 0 unspecified atom stereocenters. The third kappa shape index (κ3) is 4.03. The van der Waals surface area contributed by atoms with Crippen LogP contribution in [0.4, 0.5) is 0 Å². The van der Waals surface area contributed by atoms with Gasteiger partial charge in [0.05, 0.1) is 26.3 Å². The molecule has 1 aliphatic rings. The van der Waals surface area contributed by atoms with Crippen molar-refractivity contribution >= 4 is 5.91 Å². The third-order valence-corrected chi connectivity index (χ3v) is 4.52. The average molecular weight is 343 g/mol. The van der Waals surface area contributed by atoms with Crippen molar-refractivity contribution in [3.8, 4) is 5.75 Å². The van der Waals surface area contributed by atoms with Gasteiger partial charge in [-0.25, -0.2) is 0 Å². The fourth-order valence-corrected chi connectivity index (χ4v) is 3.33. The van der Waals surface area contributed by atoms with E-state index in [1.807, 2.05) is 18.2 Å². The van der Waals surface area contributed by atoms with Crippen LogP contribution in [-0.4, -0.2) is 55.8 Å². The number of methoxy groups -OCH3 is 2. The SMILES string of the molecule is COCCNC(=O)CN1CCn2cccc2[C@@H]1c1cccc(OC)c1. The van der Waals surface area contributed by atoms with Gasteiger partial charge in [-0.05, 0) is 29.8 Å². The largest absolute Gasteiger partial charge is 0.497 e. The quantitative estimate of drug-likeness (QED) is 0.777. The lowest BCUT2D eigenvalue weighted by Crippen LogP contribution is -2.44. The molecule has 1 aliphatic heterocycles. The van der Waals surface area contributed by atoms with Crippen molar-refractivity contribution in [3.63, 3.8) is 0 Å². The van der Waals surface area contributed by atoms with Crippen LogP contribution in [0.5, 0.6) is 5.75 Å². The van der Waals surface area contributed by atoms with Crippen molar-refractivity contribution in [1.29, 1.82) is 0 Å². The fourth-order valence-electron chi connectivity index (χ4n) is 3.33. The molecular weight excluding hydrogens is 318 g/mol. The Kier molecular flexibility index (Phi) is 5.73. The number of benzene rings is 1. The number of fused-ring (bicyclic) bond motifs is 1. The van der Waals surface area contributed by atoms with Crippen LogP contribution in [0, 0.1) is 0 Å². The Labute approximate surface area is 148 Å². The predicted octanol–water partition coefficient (Wildman–Crippen LogP) is 1.66. The van der Waals surface area contributed by atoms with Gasteiger partial charge in [-0.2, -0.15) is 0 Å². The smallest absolute Gasteiger partial charge is 0.234 e. The van der Waals surface area contributed by atoms with Crippen LogP contribution in [0.15, 0.2) is 42.6 Å². The van der Waals surface area contributed by atoms with Crippen LogP contribution in [0.25, 0.3) is 0 Å². The zero-order valence-corrected chi connectivity index (χ0v) is 14.8. The van der Waals surface area contributed by atoms with Gasteiger partial charge < -0.3 is 19.4 Å². The molecule has 1 N–H and O–H groups in total. The van der Waals surface area contributed by atoms with E-state index in [2.05, 4.69) is 39.2 Å². The van der Waals surface area contributed by atoms with Crippen molar-refractivity contribution in [1.82, 2.24) is 14.8 Å². The summed E-state index contributed by atoms with van der Waals surface area (Å²) in [5, 5.41) is 2.91. The molecule has 0 bridgehead atoms. The van der Waals surface area contributed by atoms with Gasteiger partial charge in [0.2, 0.25) is 5.91 Å². The molecule has 0 radical (unpaired) electrons. The Balaban J connectivity index is 1.82. The molecule has 6 nitrogen and oxygen atoms in total. The van der Waals surface area contributed by atoms with Crippen LogP contribution in [0.1, 0.15) is 17.3 Å². The van der Waals surface area contributed by atoms with Gasteiger partial charge >= 0.3 is 0 Å². The number of ether oxygens (including phenoxy) is 2. The molecule has 2 heterocycles. The Bertz CT molecular complexity index is 713. The van der Waals surface area contributed by atoms with Crippen LogP contribution in [0.3, 0.4) is 0 Å². The summed E-state index contributed by atoms with van der Waals surface area (Å²) in [6.45, 7) is 3.11. The lowest BCUT2D eigenvalue weighted by atomic mass is 9.99. The second-order valence-electron chi connectivity index (χ2n) is 6.12. The summed E-state index contributed by atoms with van der Waals surface area (Å²) in [5.41, 5.74) is 2.33. The summed E-state index contributed by atoms with van der Waals surface area (Å²) in [4.78, 5) is 14.5. The molecule has 1 aromatic carbocycles. The van der Waals surface area contributed by atoms with Gasteiger partial charge in [0.1, 0.15) is 5.75 Å². The minimum atomic E-state index is 0.0185. The van der Waals surface area contributed by atoms with E-state index in [1.54, 1.807) is 14.2 Å². The number of nitrogens with zero attached hydrogens (tertiary/aromatic N) is 2. The highest BCUT2D eigenvalue weighted by atomic mass is 16.5. The molecule has 2 aromatic rings. The number of hydrogen-bond donors (Lipinski definition) is 1. The first kappa shape index (κ1) is 17.5. The standard InChI is InChI=1S/C19H25N3O3/c1-24-12-8-20-18(23)14-22-11-10-21-9-4-7-17(21)19(22)15-5-3-6-16(13-15)25-2/h3-7,9,13,19H,8,10-12,14H2,1-2H3,(H,20,23)/t19-/m0/s1. The van der Waals surface area contributed by atoms with Crippen molar-refractivity contribution in [2.75, 3.05) is 40.5 Å². The summed E-state index contributed by atoms with van der Waals surface area (Å²) in [6, 6.07) is 12.3. The van der Waals surface area contributed by atoms with Gasteiger partial charge in [-0.3, -0.25) is 9.69 Å². The van der Waals surface area contributed by atoms with E-state index < -0.39 is 0 Å². The fraction of sp³-hybridized carbons (Fsp3) is 0.421. The van der Waals surface area contributed by atoms with Gasteiger partial charge in [0.15, 0.2) is 0 Å². The first-order chi connectivity index (χ1) is 12.2. The summed E-state index contributed by atoms with van der Waals surface area (Å²) in [5.74, 6) is 0.843. The predicted molar refractivity (Wildman–Crippen MR) is 95.7 cm³/mol. The highest BCUT2D eigenvalue weighted by Gasteiger charge is 2.30. The highest BCUT2D eigenvalue weighted by molar-refractivity contribution is 5.78. The van der Waals surface area contributed by atoms with Crippen molar-refractivity contribution < 1.29 is 14.3 Å². The number of carbonyl (C=O) groups excluding carboxylic acids is 1. The molecule has 0 fully saturated rings. The van der Waals surface area contributed by atoms with Gasteiger partial charge in [-0.15, -0.1) is 0 Å². The molecule has 0 saturated carbocycles. The lowest BCUT2D eigenvalue weighted by Gasteiger charge is -2.37. The van der Waals surface area contributed by atoms with Crippen LogP contribution < -0.4 is 10.1 Å². The Morgan fingerprint density at radius 3 is 2.92 bits per heavy atom. The first-order valence-electron chi connectivity index (χ1n) is 8.51. The molecule has 1 atom stereocenters. The summed E-state index contributed by atoms with van der Waals surface area (Å²) in [7, 11) is 3.30. The molecule has 134 valence electrons. The van der Waals surface area contributed by atoms with Crippen LogP contribution in [0.2, 0.25) is 0 Å². The summed E-state index contributed by atoms with van der Waals surface area (Å²) in [6.07, 6.45) is 2.10. The maximum absolute atomic E-state index is 12.3. The van der Waals surface area contributed by atoms with Crippen molar-refractivity contribution in [2.24, 2.45) is 0 Å². The highest BCUT2D eigenvalue weighted by Crippen LogP contribution is 2.33. The Morgan fingerprint density at radius 2 is 2.12 bits per heavy atom. The topological polar surface area (TPSA) is 55.7 Å². The maximum Gasteiger partial charge on any atom is 0.234 e. The van der Waals surface area contributed by atoms with Gasteiger partial charge in [-0.1, -0.05) is 12.1 Å². The zero-order chi connectivity index (χ0) is 17.6. The van der Waals surface area contributed by atoms with E-state index in [1.165, 1.54) is 5.69 Å². The zero-order valence-electron chi connectivity index (χ0n) is 14.8. The van der Waals surface area contributed by atoms with Gasteiger partial charge in [0, 0.05) is 38.6 Å². The van der Waals surface area contributed by atoms with E-state index in [-0.39, 0.29) is 11.9 Å². The number of rotatable bonds is 7. The monoisotopic (exact) mass is 343 g/mol. The number of aromatic nitrogens is 1. The third-order valence-electron chi connectivity index (χ3n) is 4.52. The average Bonchev–Trinajstić information content (AvgIpc) is 3.10. The van der Waals surface area contributed by atoms with E-state index in [0.29, 0.717) is 19.7 Å². The number of carbonyl (C=O) groups is 1. The summed E-state index contributed by atoms with van der Waals surface area (Å²) < 4.78 is 12.6. The first-order valence-corrected chi connectivity index (χ1v) is 8.51. The molecule has 0 aliphatic carbocycles. The molecule has 0 spiro atoms. The van der Waals surface area contributed by atoms with E-state index in [4.69, 9.17) is 9.47 Å². The number of hydrogen-bond acceptors (Lipinski definition) is 4. The molecule has 25 heavy (non-hydrogen) atoms. The van der Waals surface area contributed by atoms with Crippen molar-refractivity contribution in [2.45, 2.75) is 12.6 Å². The Morgan fingerprint density at radius 1 is 1.24 bits per heavy atom. The normalized spacial score (nSPS) is 17.1. The van der Waals surface area contributed by atoms with E-state index in [9.17, 15) is 4.79 Å². The van der Waals surface area contributed by atoms with Crippen molar-refractivity contribution in [3.05, 3.63) is 53.9 Å². The molecular formula is C19H25N3O3. The Hall–Kier alpha value is -2.31. The molecule has 3 rings (SSSR count). The number of nitrogens with one attached hydrogen (secondary N) is 1. The summed E-state index contributed by atoms with van der Waals surface area (Å²) >= 11 is 0. The molecule has 6 heteroatoms. The van der Waals surface area contributed by atoms with Crippen LogP contribution in [-0.2, 0) is 16.1 Å². The minimum absolute atomic E-state index is 0.0185. The minimum Gasteiger partial charge on any atom is -0.497 e. The van der Waals surface area contributed by atoms with Crippen LogP contribution >= 0.6 is 0 Å². The van der Waals surface area contributed by atoms with E-state index >= 15 is 0 Å². The second-order valence-corrected chi connectivity index (χ2v) is 6.12. The molecule has 0 saturated heterocycles. The van der Waals surface area contributed by atoms with Gasteiger partial charge in [0.25, 0.3) is 0 Å².